The van der Waals surface area contributed by atoms with Gasteiger partial charge >= 0.3 is 6.18 Å². The number of hydrogen-bond acceptors (Lipinski definition) is 3. The van der Waals surface area contributed by atoms with Crippen molar-refractivity contribution in [1.29, 1.82) is 0 Å². The molecule has 1 unspecified atom stereocenters. The lowest BCUT2D eigenvalue weighted by molar-refractivity contribution is -0.204. The van der Waals surface area contributed by atoms with Crippen molar-refractivity contribution in [3.63, 3.8) is 0 Å². The number of rotatable bonds is 3. The Bertz CT molecular complexity index is 262. The number of likely N-dealkylation sites (N-methyl/N-ethyl adjacent to an activating group) is 1. The molecule has 3 N–H and O–H groups in total. The standard InChI is InChI=1S/C4H9F3N2O3S/c1-9(13(8,11)12)2-3(10)4(5,6)7/h3,10H,2H2,1H3,(H2,8,11,12). The Morgan fingerprint density at radius 2 is 1.92 bits per heavy atom. The summed E-state index contributed by atoms with van der Waals surface area (Å²) < 4.78 is 56.1. The SMILES string of the molecule is CN(CC(O)C(F)(F)F)S(N)(=O)=O. The van der Waals surface area contributed by atoms with Crippen LogP contribution in [0.15, 0.2) is 0 Å². The molecule has 0 aliphatic rings. The predicted molar refractivity (Wildman–Crippen MR) is 37.8 cm³/mol. The van der Waals surface area contributed by atoms with E-state index in [-0.39, 0.29) is 4.31 Å². The second kappa shape index (κ2) is 3.78. The lowest BCUT2D eigenvalue weighted by Gasteiger charge is -2.19. The minimum atomic E-state index is -4.85. The zero-order chi connectivity index (χ0) is 10.9. The van der Waals surface area contributed by atoms with Crippen LogP contribution in [0, 0.1) is 0 Å². The molecular weight excluding hydrogens is 213 g/mol. The average molecular weight is 222 g/mol. The van der Waals surface area contributed by atoms with Gasteiger partial charge in [0.05, 0.1) is 0 Å². The normalized spacial score (nSPS) is 16.2. The number of nitrogens with zero attached hydrogens (tertiary/aromatic N) is 1. The van der Waals surface area contributed by atoms with E-state index in [2.05, 4.69) is 5.14 Å². The average Bonchev–Trinajstić information content (AvgIpc) is 1.82. The van der Waals surface area contributed by atoms with E-state index in [1.807, 2.05) is 0 Å². The van der Waals surface area contributed by atoms with Gasteiger partial charge in [0.15, 0.2) is 6.10 Å². The Morgan fingerprint density at radius 3 is 2.15 bits per heavy atom. The molecule has 0 radical (unpaired) electrons. The van der Waals surface area contributed by atoms with E-state index in [1.165, 1.54) is 0 Å². The molecule has 0 amide bonds. The van der Waals surface area contributed by atoms with Gasteiger partial charge in [-0.1, -0.05) is 0 Å². The Balaban J connectivity index is 4.32. The summed E-state index contributed by atoms with van der Waals surface area (Å²) in [5.41, 5.74) is 0. The van der Waals surface area contributed by atoms with Crippen LogP contribution in [0.1, 0.15) is 0 Å². The first-order valence-corrected chi connectivity index (χ1v) is 4.54. The number of halogens is 3. The van der Waals surface area contributed by atoms with Gasteiger partial charge in [0, 0.05) is 13.6 Å². The van der Waals surface area contributed by atoms with Crippen LogP contribution < -0.4 is 5.14 Å². The number of aliphatic hydroxyl groups excluding tert-OH is 1. The highest BCUT2D eigenvalue weighted by Crippen LogP contribution is 2.20. The zero-order valence-corrected chi connectivity index (χ0v) is 7.43. The molecule has 0 aromatic rings. The number of hydrogen-bond donors (Lipinski definition) is 2. The molecule has 0 saturated carbocycles. The maximum absolute atomic E-state index is 11.7. The molecular formula is C4H9F3N2O3S. The minimum absolute atomic E-state index is 0.213. The van der Waals surface area contributed by atoms with Crippen LogP contribution in [-0.2, 0) is 10.2 Å². The van der Waals surface area contributed by atoms with Crippen molar-refractivity contribution in [1.82, 2.24) is 4.31 Å². The summed E-state index contributed by atoms with van der Waals surface area (Å²) in [7, 11) is -3.35. The lowest BCUT2D eigenvalue weighted by Crippen LogP contribution is -2.44. The highest BCUT2D eigenvalue weighted by atomic mass is 32.2. The van der Waals surface area contributed by atoms with Crippen molar-refractivity contribution < 1.29 is 26.7 Å². The molecule has 0 aromatic heterocycles. The topological polar surface area (TPSA) is 83.6 Å². The third-order valence-electron chi connectivity index (χ3n) is 1.24. The van der Waals surface area contributed by atoms with Gasteiger partial charge < -0.3 is 5.11 Å². The first kappa shape index (κ1) is 12.6. The molecule has 0 aliphatic heterocycles. The van der Waals surface area contributed by atoms with E-state index in [9.17, 15) is 21.6 Å². The van der Waals surface area contributed by atoms with Crippen molar-refractivity contribution in [2.75, 3.05) is 13.6 Å². The predicted octanol–water partition coefficient (Wildman–Crippen LogP) is -0.955. The molecule has 0 aromatic carbocycles. The second-order valence-corrected chi connectivity index (χ2v) is 4.04. The van der Waals surface area contributed by atoms with Crippen LogP contribution in [0.4, 0.5) is 13.2 Å². The van der Waals surface area contributed by atoms with Gasteiger partial charge in [0.2, 0.25) is 0 Å². The van der Waals surface area contributed by atoms with Crippen molar-refractivity contribution >= 4 is 10.2 Å². The second-order valence-electron chi connectivity index (χ2n) is 2.38. The van der Waals surface area contributed by atoms with Gasteiger partial charge in [-0.2, -0.15) is 25.9 Å². The van der Waals surface area contributed by atoms with Gasteiger partial charge in [0.25, 0.3) is 10.2 Å². The molecule has 0 aliphatic carbocycles. The highest BCUT2D eigenvalue weighted by Gasteiger charge is 2.39. The smallest absolute Gasteiger partial charge is 0.382 e. The third-order valence-corrected chi connectivity index (χ3v) is 2.26. The van der Waals surface area contributed by atoms with E-state index >= 15 is 0 Å². The molecule has 1 atom stereocenters. The van der Waals surface area contributed by atoms with E-state index in [0.29, 0.717) is 0 Å². The summed E-state index contributed by atoms with van der Waals surface area (Å²) in [5, 5.41) is 12.9. The molecule has 9 heteroatoms. The molecule has 0 saturated heterocycles. The van der Waals surface area contributed by atoms with E-state index in [0.717, 1.165) is 7.05 Å². The molecule has 13 heavy (non-hydrogen) atoms. The Kier molecular flexibility index (Phi) is 3.67. The summed E-state index contributed by atoms with van der Waals surface area (Å²) in [6.07, 6.45) is -7.57. The van der Waals surface area contributed by atoms with E-state index < -0.39 is 29.0 Å². The first-order valence-electron chi connectivity index (χ1n) is 3.04. The lowest BCUT2D eigenvalue weighted by atomic mass is 10.3. The van der Waals surface area contributed by atoms with Crippen LogP contribution >= 0.6 is 0 Å². The van der Waals surface area contributed by atoms with E-state index in [4.69, 9.17) is 5.11 Å². The molecule has 0 heterocycles. The maximum Gasteiger partial charge on any atom is 0.415 e. The summed E-state index contributed by atoms with van der Waals surface area (Å²) in [4.78, 5) is 0. The molecule has 80 valence electrons. The van der Waals surface area contributed by atoms with Crippen molar-refractivity contribution in [3.05, 3.63) is 0 Å². The Labute approximate surface area is 73.1 Å². The third kappa shape index (κ3) is 4.41. The summed E-state index contributed by atoms with van der Waals surface area (Å²) in [5.74, 6) is 0. The molecule has 0 rings (SSSR count). The largest absolute Gasteiger partial charge is 0.415 e. The molecule has 5 nitrogen and oxygen atoms in total. The van der Waals surface area contributed by atoms with Crippen molar-refractivity contribution in [2.45, 2.75) is 12.3 Å². The monoisotopic (exact) mass is 222 g/mol. The van der Waals surface area contributed by atoms with Gasteiger partial charge in [-0.3, -0.25) is 0 Å². The minimum Gasteiger partial charge on any atom is -0.382 e. The first-order chi connectivity index (χ1) is 5.55. The number of nitrogens with two attached hydrogens (primary N) is 1. The molecule has 0 bridgehead atoms. The zero-order valence-electron chi connectivity index (χ0n) is 6.61. The van der Waals surface area contributed by atoms with Crippen molar-refractivity contribution in [2.24, 2.45) is 5.14 Å². The van der Waals surface area contributed by atoms with Gasteiger partial charge in [-0.05, 0) is 0 Å². The van der Waals surface area contributed by atoms with Crippen LogP contribution in [0.5, 0.6) is 0 Å². The van der Waals surface area contributed by atoms with Crippen LogP contribution in [0.3, 0.4) is 0 Å². The highest BCUT2D eigenvalue weighted by molar-refractivity contribution is 7.86. The van der Waals surface area contributed by atoms with Crippen LogP contribution in [-0.4, -0.2) is 43.7 Å². The van der Waals surface area contributed by atoms with Crippen LogP contribution in [0.25, 0.3) is 0 Å². The quantitative estimate of drug-likeness (QED) is 0.645. The van der Waals surface area contributed by atoms with Gasteiger partial charge in [-0.15, -0.1) is 0 Å². The van der Waals surface area contributed by atoms with E-state index in [1.54, 1.807) is 0 Å². The van der Waals surface area contributed by atoms with Crippen LogP contribution in [0.2, 0.25) is 0 Å². The molecule has 0 spiro atoms. The van der Waals surface area contributed by atoms with Gasteiger partial charge in [0.1, 0.15) is 0 Å². The van der Waals surface area contributed by atoms with Crippen molar-refractivity contribution in [3.8, 4) is 0 Å². The van der Waals surface area contributed by atoms with Gasteiger partial charge in [-0.25, -0.2) is 5.14 Å². The Morgan fingerprint density at radius 1 is 1.54 bits per heavy atom. The fraction of sp³-hybridized carbons (Fsp3) is 1.00. The summed E-state index contributed by atoms with van der Waals surface area (Å²) in [6.45, 7) is -1.11. The fourth-order valence-corrected chi connectivity index (χ4v) is 0.800. The summed E-state index contributed by atoms with van der Waals surface area (Å²) >= 11 is 0. The fourth-order valence-electron chi connectivity index (χ4n) is 0.451. The summed E-state index contributed by atoms with van der Waals surface area (Å²) in [6, 6.07) is 0. The Hall–Kier alpha value is -0.380. The number of alkyl halides is 3. The number of aliphatic hydroxyl groups is 1. The molecule has 0 fully saturated rings. The maximum atomic E-state index is 11.7.